The van der Waals surface area contributed by atoms with Crippen LogP contribution in [0.4, 0.5) is 18.9 Å². The smallest absolute Gasteiger partial charge is 0.331 e. The molecule has 0 aliphatic rings. The summed E-state index contributed by atoms with van der Waals surface area (Å²) in [5.41, 5.74) is 3.62. The zero-order valence-corrected chi connectivity index (χ0v) is 12.3. The van der Waals surface area contributed by atoms with Crippen LogP contribution in [-0.4, -0.2) is 16.0 Å². The van der Waals surface area contributed by atoms with Crippen molar-refractivity contribution in [2.24, 2.45) is 0 Å². The molecule has 0 aliphatic carbocycles. The summed E-state index contributed by atoms with van der Waals surface area (Å²) in [4.78, 5) is 15.5. The second-order valence-corrected chi connectivity index (χ2v) is 4.70. The van der Waals surface area contributed by atoms with Crippen LogP contribution in [0.25, 0.3) is 0 Å². The molecule has 0 radical (unpaired) electrons. The lowest BCUT2D eigenvalue weighted by Crippen LogP contribution is -2.44. The van der Waals surface area contributed by atoms with Gasteiger partial charge in [0, 0.05) is 6.20 Å². The Labute approximate surface area is 134 Å². The molecule has 0 spiro atoms. The number of rotatable bonds is 2. The first-order valence-electron chi connectivity index (χ1n) is 6.32. The molecule has 1 heterocycles. The normalized spacial score (nSPS) is 10.7. The molecular formula is C14H11F3N4OS. The van der Waals surface area contributed by atoms with Gasteiger partial charge in [-0.05, 0) is 36.5 Å². The summed E-state index contributed by atoms with van der Waals surface area (Å²) in [7, 11) is 0. The van der Waals surface area contributed by atoms with Crippen LogP contribution in [0.1, 0.15) is 16.1 Å². The number of benzene rings is 1. The lowest BCUT2D eigenvalue weighted by molar-refractivity contribution is -0.136. The molecule has 2 aromatic rings. The van der Waals surface area contributed by atoms with E-state index in [1.165, 1.54) is 30.5 Å². The molecule has 3 N–H and O–H groups in total. The van der Waals surface area contributed by atoms with Crippen LogP contribution in [0.5, 0.6) is 0 Å². The predicted octanol–water partition coefficient (Wildman–Crippen LogP) is 2.73. The number of halogens is 3. The number of nitrogens with zero attached hydrogens (tertiary/aromatic N) is 1. The number of hydrazine groups is 1. The van der Waals surface area contributed by atoms with Gasteiger partial charge in [-0.25, -0.2) is 0 Å². The quantitative estimate of drug-likeness (QED) is 0.579. The number of aromatic nitrogens is 1. The van der Waals surface area contributed by atoms with Gasteiger partial charge in [-0.3, -0.25) is 20.6 Å². The van der Waals surface area contributed by atoms with E-state index in [2.05, 4.69) is 21.2 Å². The maximum atomic E-state index is 12.9. The predicted molar refractivity (Wildman–Crippen MR) is 82.5 cm³/mol. The van der Waals surface area contributed by atoms with Crippen molar-refractivity contribution in [2.45, 2.75) is 6.18 Å². The molecule has 23 heavy (non-hydrogen) atoms. The van der Waals surface area contributed by atoms with Gasteiger partial charge in [0.2, 0.25) is 0 Å². The van der Waals surface area contributed by atoms with E-state index >= 15 is 0 Å². The Kier molecular flexibility index (Phi) is 5.12. The van der Waals surface area contributed by atoms with E-state index in [0.717, 1.165) is 6.07 Å². The lowest BCUT2D eigenvalue weighted by Gasteiger charge is -2.15. The van der Waals surface area contributed by atoms with Crippen LogP contribution in [0.3, 0.4) is 0 Å². The highest BCUT2D eigenvalue weighted by molar-refractivity contribution is 7.80. The number of amides is 1. The van der Waals surface area contributed by atoms with Gasteiger partial charge in [0.1, 0.15) is 5.69 Å². The van der Waals surface area contributed by atoms with Crippen molar-refractivity contribution < 1.29 is 18.0 Å². The molecule has 0 unspecified atom stereocenters. The van der Waals surface area contributed by atoms with Crippen LogP contribution in [-0.2, 0) is 6.18 Å². The summed E-state index contributed by atoms with van der Waals surface area (Å²) in [6.45, 7) is 0. The number of hydrogen-bond acceptors (Lipinski definition) is 3. The van der Waals surface area contributed by atoms with Crippen molar-refractivity contribution >= 4 is 28.9 Å². The van der Waals surface area contributed by atoms with E-state index in [9.17, 15) is 18.0 Å². The Bertz CT molecular complexity index is 707. The molecule has 0 aliphatic heterocycles. The van der Waals surface area contributed by atoms with E-state index < -0.39 is 17.6 Å². The van der Waals surface area contributed by atoms with Crippen LogP contribution in [0, 0.1) is 0 Å². The zero-order valence-electron chi connectivity index (χ0n) is 11.5. The van der Waals surface area contributed by atoms with E-state index in [1.54, 1.807) is 12.1 Å². The molecule has 120 valence electrons. The van der Waals surface area contributed by atoms with Crippen molar-refractivity contribution in [3.63, 3.8) is 0 Å². The van der Waals surface area contributed by atoms with Crippen molar-refractivity contribution in [2.75, 3.05) is 5.32 Å². The number of para-hydroxylation sites is 1. The SMILES string of the molecule is O=C(NNC(=S)Nc1ccccc1C(F)(F)F)c1ccccn1. The minimum atomic E-state index is -4.52. The average Bonchev–Trinajstić information content (AvgIpc) is 2.53. The summed E-state index contributed by atoms with van der Waals surface area (Å²) in [6.07, 6.45) is -3.08. The number of hydrogen-bond donors (Lipinski definition) is 3. The summed E-state index contributed by atoms with van der Waals surface area (Å²) >= 11 is 4.86. The Balaban J connectivity index is 1.97. The molecule has 9 heteroatoms. The van der Waals surface area contributed by atoms with Gasteiger partial charge < -0.3 is 5.32 Å². The average molecular weight is 340 g/mol. The summed E-state index contributed by atoms with van der Waals surface area (Å²) < 4.78 is 38.6. The molecule has 1 aromatic heterocycles. The van der Waals surface area contributed by atoms with E-state index in [0.29, 0.717) is 0 Å². The van der Waals surface area contributed by atoms with Gasteiger partial charge >= 0.3 is 6.18 Å². The Morgan fingerprint density at radius 2 is 1.74 bits per heavy atom. The molecule has 0 atom stereocenters. The third-order valence-electron chi connectivity index (χ3n) is 2.67. The number of carbonyl (C=O) groups is 1. The van der Waals surface area contributed by atoms with Gasteiger partial charge in [-0.1, -0.05) is 18.2 Å². The van der Waals surface area contributed by atoms with Gasteiger partial charge in [-0.2, -0.15) is 13.2 Å². The molecule has 0 fully saturated rings. The van der Waals surface area contributed by atoms with Crippen molar-refractivity contribution in [1.29, 1.82) is 0 Å². The number of thiocarbonyl (C=S) groups is 1. The molecule has 2 rings (SSSR count). The molecule has 0 saturated carbocycles. The number of anilines is 1. The Morgan fingerprint density at radius 1 is 1.04 bits per heavy atom. The molecule has 1 amide bonds. The van der Waals surface area contributed by atoms with Crippen LogP contribution in [0.15, 0.2) is 48.7 Å². The molecule has 0 saturated heterocycles. The van der Waals surface area contributed by atoms with Crippen LogP contribution in [0.2, 0.25) is 0 Å². The first kappa shape index (κ1) is 16.7. The summed E-state index contributed by atoms with van der Waals surface area (Å²) in [6, 6.07) is 9.61. The van der Waals surface area contributed by atoms with Gasteiger partial charge in [0.05, 0.1) is 11.3 Å². The second kappa shape index (κ2) is 7.05. The number of nitrogens with one attached hydrogen (secondary N) is 3. The largest absolute Gasteiger partial charge is 0.418 e. The van der Waals surface area contributed by atoms with E-state index in [1.807, 2.05) is 0 Å². The van der Waals surface area contributed by atoms with E-state index in [4.69, 9.17) is 12.2 Å². The van der Waals surface area contributed by atoms with E-state index in [-0.39, 0.29) is 16.5 Å². The minimum absolute atomic E-state index is 0.137. The molecule has 1 aromatic carbocycles. The molecule has 5 nitrogen and oxygen atoms in total. The highest BCUT2D eigenvalue weighted by atomic mass is 32.1. The molecular weight excluding hydrogens is 329 g/mol. The summed E-state index contributed by atoms with van der Waals surface area (Å²) in [5, 5.41) is 2.20. The fourth-order valence-electron chi connectivity index (χ4n) is 1.67. The van der Waals surface area contributed by atoms with Crippen molar-refractivity contribution in [1.82, 2.24) is 15.8 Å². The summed E-state index contributed by atoms with van der Waals surface area (Å²) in [5.74, 6) is -0.571. The highest BCUT2D eigenvalue weighted by Gasteiger charge is 2.33. The fourth-order valence-corrected chi connectivity index (χ4v) is 1.83. The maximum Gasteiger partial charge on any atom is 0.418 e. The topological polar surface area (TPSA) is 66.1 Å². The fraction of sp³-hybridized carbons (Fsp3) is 0.0714. The zero-order chi connectivity index (χ0) is 16.9. The number of pyridine rings is 1. The third kappa shape index (κ3) is 4.65. The Morgan fingerprint density at radius 3 is 2.39 bits per heavy atom. The Hall–Kier alpha value is -2.68. The van der Waals surface area contributed by atoms with Gasteiger partial charge in [0.15, 0.2) is 5.11 Å². The third-order valence-corrected chi connectivity index (χ3v) is 2.87. The first-order chi connectivity index (χ1) is 10.9. The first-order valence-corrected chi connectivity index (χ1v) is 6.73. The number of carbonyl (C=O) groups excluding carboxylic acids is 1. The second-order valence-electron chi connectivity index (χ2n) is 4.29. The van der Waals surface area contributed by atoms with Crippen molar-refractivity contribution in [3.05, 3.63) is 59.9 Å². The minimum Gasteiger partial charge on any atom is -0.331 e. The maximum absolute atomic E-state index is 12.9. The van der Waals surface area contributed by atoms with Crippen LogP contribution >= 0.6 is 12.2 Å². The lowest BCUT2D eigenvalue weighted by atomic mass is 10.2. The van der Waals surface area contributed by atoms with Crippen molar-refractivity contribution in [3.8, 4) is 0 Å². The monoisotopic (exact) mass is 340 g/mol. The highest BCUT2D eigenvalue weighted by Crippen LogP contribution is 2.34. The van der Waals surface area contributed by atoms with Gasteiger partial charge in [0.25, 0.3) is 5.91 Å². The van der Waals surface area contributed by atoms with Gasteiger partial charge in [-0.15, -0.1) is 0 Å². The molecule has 0 bridgehead atoms. The standard InChI is InChI=1S/C14H11F3N4OS/c15-14(16,17)9-5-1-2-6-10(9)19-13(23)21-20-12(22)11-7-3-4-8-18-11/h1-8H,(H,20,22)(H2,19,21,23). The number of alkyl halides is 3. The van der Waals surface area contributed by atoms with Crippen LogP contribution < -0.4 is 16.2 Å².